The molecule has 0 aliphatic rings. The van der Waals surface area contributed by atoms with Crippen LogP contribution in [0.15, 0.2) is 71.5 Å². The Hall–Kier alpha value is -2.70. The monoisotopic (exact) mass is 429 g/mol. The lowest BCUT2D eigenvalue weighted by molar-refractivity contribution is 0.101. The maximum Gasteiger partial charge on any atom is 0.257 e. The summed E-state index contributed by atoms with van der Waals surface area (Å²) >= 11 is 9.51. The van der Waals surface area contributed by atoms with Gasteiger partial charge in [-0.05, 0) is 52.3 Å². The van der Waals surface area contributed by atoms with E-state index >= 15 is 0 Å². The summed E-state index contributed by atoms with van der Waals surface area (Å²) in [4.78, 5) is 28.4. The zero-order valence-electron chi connectivity index (χ0n) is 13.4. The van der Waals surface area contributed by atoms with E-state index in [1.807, 2.05) is 6.07 Å². The summed E-state index contributed by atoms with van der Waals surface area (Å²) in [6.07, 6.45) is 3.06. The number of hydrogen-bond donors (Lipinski definition) is 2. The van der Waals surface area contributed by atoms with Crippen molar-refractivity contribution in [1.82, 2.24) is 4.98 Å². The van der Waals surface area contributed by atoms with Crippen molar-refractivity contribution >= 4 is 50.7 Å². The van der Waals surface area contributed by atoms with E-state index in [1.54, 1.807) is 54.7 Å². The fourth-order valence-corrected chi connectivity index (χ4v) is 2.81. The molecule has 0 bridgehead atoms. The summed E-state index contributed by atoms with van der Waals surface area (Å²) in [5.41, 5.74) is 1.92. The van der Waals surface area contributed by atoms with Gasteiger partial charge in [-0.2, -0.15) is 0 Å². The third kappa shape index (κ3) is 4.47. The Morgan fingerprint density at radius 3 is 2.31 bits per heavy atom. The first-order valence-electron chi connectivity index (χ1n) is 7.61. The molecule has 0 atom stereocenters. The smallest absolute Gasteiger partial charge is 0.257 e. The van der Waals surface area contributed by atoms with Gasteiger partial charge in [0.05, 0.1) is 16.3 Å². The highest BCUT2D eigenvalue weighted by Crippen LogP contribution is 2.26. The van der Waals surface area contributed by atoms with Crippen LogP contribution in [0.4, 0.5) is 11.4 Å². The van der Waals surface area contributed by atoms with Crippen LogP contribution in [0.1, 0.15) is 20.7 Å². The van der Waals surface area contributed by atoms with E-state index in [0.29, 0.717) is 32.0 Å². The number of anilines is 2. The molecule has 26 heavy (non-hydrogen) atoms. The van der Waals surface area contributed by atoms with Gasteiger partial charge in [-0.25, -0.2) is 0 Å². The van der Waals surface area contributed by atoms with E-state index in [-0.39, 0.29) is 11.8 Å². The van der Waals surface area contributed by atoms with Crippen LogP contribution in [-0.4, -0.2) is 16.8 Å². The topological polar surface area (TPSA) is 71.1 Å². The number of aromatic nitrogens is 1. The molecule has 1 aromatic heterocycles. The van der Waals surface area contributed by atoms with E-state index in [0.717, 1.165) is 0 Å². The maximum atomic E-state index is 12.2. The number of carbonyl (C=O) groups excluding carboxylic acids is 2. The maximum absolute atomic E-state index is 12.2. The largest absolute Gasteiger partial charge is 0.322 e. The van der Waals surface area contributed by atoms with E-state index in [4.69, 9.17) is 11.6 Å². The number of nitrogens with one attached hydrogen (secondary N) is 2. The van der Waals surface area contributed by atoms with Crippen molar-refractivity contribution < 1.29 is 9.59 Å². The lowest BCUT2D eigenvalue weighted by atomic mass is 10.2. The summed E-state index contributed by atoms with van der Waals surface area (Å²) in [6, 6.07) is 15.4. The third-order valence-corrected chi connectivity index (χ3v) is 4.22. The Morgan fingerprint density at radius 2 is 1.62 bits per heavy atom. The van der Waals surface area contributed by atoms with Crippen LogP contribution in [0, 0.1) is 0 Å². The number of amides is 2. The van der Waals surface area contributed by atoms with Crippen LogP contribution in [-0.2, 0) is 0 Å². The first kappa shape index (κ1) is 18.1. The summed E-state index contributed by atoms with van der Waals surface area (Å²) in [6.45, 7) is 0. The molecule has 2 N–H and O–H groups in total. The number of rotatable bonds is 4. The fourth-order valence-electron chi connectivity index (χ4n) is 2.22. The molecule has 0 saturated carbocycles. The summed E-state index contributed by atoms with van der Waals surface area (Å²) in [5, 5.41) is 5.81. The van der Waals surface area contributed by atoms with Gasteiger partial charge in [-0.3, -0.25) is 14.6 Å². The molecule has 1 heterocycles. The number of halogens is 2. The molecule has 2 aromatic carbocycles. The second-order valence-electron chi connectivity index (χ2n) is 5.36. The predicted octanol–water partition coefficient (Wildman–Crippen LogP) is 5.00. The minimum absolute atomic E-state index is 0.260. The average molecular weight is 431 g/mol. The van der Waals surface area contributed by atoms with Gasteiger partial charge >= 0.3 is 0 Å². The normalized spacial score (nSPS) is 10.2. The van der Waals surface area contributed by atoms with Crippen molar-refractivity contribution in [1.29, 1.82) is 0 Å². The van der Waals surface area contributed by atoms with Gasteiger partial charge in [0.15, 0.2) is 0 Å². The molecule has 0 aliphatic heterocycles. The van der Waals surface area contributed by atoms with Gasteiger partial charge < -0.3 is 10.6 Å². The van der Waals surface area contributed by atoms with E-state index in [1.165, 1.54) is 6.20 Å². The van der Waals surface area contributed by atoms with Crippen LogP contribution in [0.5, 0.6) is 0 Å². The molecule has 0 saturated heterocycles. The molecule has 5 nitrogen and oxygen atoms in total. The van der Waals surface area contributed by atoms with Crippen molar-refractivity contribution in [3.8, 4) is 0 Å². The second-order valence-corrected chi connectivity index (χ2v) is 6.68. The molecule has 7 heteroatoms. The minimum Gasteiger partial charge on any atom is -0.322 e. The van der Waals surface area contributed by atoms with Gasteiger partial charge in [-0.15, -0.1) is 0 Å². The molecule has 130 valence electrons. The van der Waals surface area contributed by atoms with Crippen molar-refractivity contribution in [2.24, 2.45) is 0 Å². The Bertz CT molecular complexity index is 964. The van der Waals surface area contributed by atoms with Crippen molar-refractivity contribution in [3.05, 3.63) is 87.6 Å². The van der Waals surface area contributed by atoms with Crippen LogP contribution in [0.2, 0.25) is 5.02 Å². The van der Waals surface area contributed by atoms with Gasteiger partial charge in [0, 0.05) is 28.1 Å². The van der Waals surface area contributed by atoms with Gasteiger partial charge in [-0.1, -0.05) is 29.8 Å². The van der Waals surface area contributed by atoms with E-state index in [2.05, 4.69) is 31.5 Å². The second kappa shape index (κ2) is 8.12. The first-order valence-corrected chi connectivity index (χ1v) is 8.78. The Labute approximate surface area is 163 Å². The highest BCUT2D eigenvalue weighted by atomic mass is 79.9. The van der Waals surface area contributed by atoms with Gasteiger partial charge in [0.1, 0.15) is 0 Å². The van der Waals surface area contributed by atoms with Crippen molar-refractivity contribution in [2.45, 2.75) is 0 Å². The lowest BCUT2D eigenvalue weighted by Gasteiger charge is -2.10. The summed E-state index contributed by atoms with van der Waals surface area (Å²) < 4.78 is 0.710. The quantitative estimate of drug-likeness (QED) is 0.612. The van der Waals surface area contributed by atoms with Crippen molar-refractivity contribution in [3.63, 3.8) is 0 Å². The van der Waals surface area contributed by atoms with Crippen LogP contribution >= 0.6 is 27.5 Å². The molecular formula is C19H13BrClN3O2. The lowest BCUT2D eigenvalue weighted by Crippen LogP contribution is -2.13. The van der Waals surface area contributed by atoms with Crippen LogP contribution < -0.4 is 10.6 Å². The molecular weight excluding hydrogens is 418 g/mol. The fraction of sp³-hybridized carbons (Fsp3) is 0. The number of benzene rings is 2. The predicted molar refractivity (Wildman–Crippen MR) is 106 cm³/mol. The molecule has 0 aliphatic carbocycles. The average Bonchev–Trinajstić information content (AvgIpc) is 2.64. The number of nitrogens with zero attached hydrogens (tertiary/aromatic N) is 1. The number of carbonyl (C=O) groups is 2. The van der Waals surface area contributed by atoms with E-state index < -0.39 is 0 Å². The number of hydrogen-bond acceptors (Lipinski definition) is 3. The van der Waals surface area contributed by atoms with E-state index in [9.17, 15) is 9.59 Å². The Kier molecular flexibility index (Phi) is 5.65. The standard InChI is InChI=1S/C19H13BrClN3O2/c20-14-8-13(10-22-11-14)19(26)23-15-6-7-17(16(21)9-15)24-18(25)12-4-2-1-3-5-12/h1-11H,(H,23,26)(H,24,25). The molecule has 0 fully saturated rings. The zero-order valence-corrected chi connectivity index (χ0v) is 15.7. The molecule has 3 aromatic rings. The van der Waals surface area contributed by atoms with Crippen molar-refractivity contribution in [2.75, 3.05) is 10.6 Å². The molecule has 0 unspecified atom stereocenters. The molecule has 3 rings (SSSR count). The van der Waals surface area contributed by atoms with Crippen LogP contribution in [0.3, 0.4) is 0 Å². The molecule has 0 spiro atoms. The highest BCUT2D eigenvalue weighted by Gasteiger charge is 2.11. The molecule has 2 amide bonds. The Balaban J connectivity index is 1.71. The zero-order chi connectivity index (χ0) is 18.5. The Morgan fingerprint density at radius 1 is 0.885 bits per heavy atom. The molecule has 0 radical (unpaired) electrons. The highest BCUT2D eigenvalue weighted by molar-refractivity contribution is 9.10. The number of pyridine rings is 1. The minimum atomic E-state index is -0.309. The van der Waals surface area contributed by atoms with Crippen LogP contribution in [0.25, 0.3) is 0 Å². The SMILES string of the molecule is O=C(Nc1ccc(NC(=O)c2ccccc2)c(Cl)c1)c1cncc(Br)c1. The third-order valence-electron chi connectivity index (χ3n) is 3.48. The first-order chi connectivity index (χ1) is 12.5. The van der Waals surface area contributed by atoms with Gasteiger partial charge in [0.2, 0.25) is 0 Å². The van der Waals surface area contributed by atoms with Gasteiger partial charge in [0.25, 0.3) is 11.8 Å². The summed E-state index contributed by atoms with van der Waals surface area (Å²) in [5.74, 6) is -0.569. The summed E-state index contributed by atoms with van der Waals surface area (Å²) in [7, 11) is 0.